The van der Waals surface area contributed by atoms with Gasteiger partial charge >= 0.3 is 11.9 Å². The second-order valence-corrected chi connectivity index (χ2v) is 9.92. The molecule has 1 heterocycles. The minimum Gasteiger partial charge on any atom is -0.464 e. The van der Waals surface area contributed by atoms with E-state index in [-0.39, 0.29) is 62.7 Å². The number of benzene rings is 1. The van der Waals surface area contributed by atoms with E-state index in [9.17, 15) is 19.6 Å². The minimum atomic E-state index is -0.422. The van der Waals surface area contributed by atoms with Crippen molar-refractivity contribution in [2.75, 3.05) is 48.3 Å². The normalized spacial score (nSPS) is 10.9. The Morgan fingerprint density at radius 2 is 1.72 bits per heavy atom. The number of nitrogens with one attached hydrogen (secondary N) is 1. The standard InChI is InChI=1S/C25H30Cl2N6O5S/c1-16(2)24(36)29-21-14-18(4-5-20(21)30-31-25-19(15-28)17(3)32-39-25)33(10-12-37-22(34)6-8-26)11-13-38-23(35)7-9-27/h4-5,14,16H,6-13H2,1-3H3,(H,29,36)/b31-30+. The first-order valence-corrected chi connectivity index (χ1v) is 14.0. The number of ether oxygens (including phenoxy) is 2. The predicted molar refractivity (Wildman–Crippen MR) is 150 cm³/mol. The molecule has 1 amide bonds. The number of amides is 1. The molecule has 39 heavy (non-hydrogen) atoms. The van der Waals surface area contributed by atoms with Gasteiger partial charge in [-0.15, -0.1) is 33.4 Å². The molecule has 0 fully saturated rings. The second kappa shape index (κ2) is 16.6. The number of rotatable bonds is 15. The van der Waals surface area contributed by atoms with Crippen LogP contribution in [-0.2, 0) is 23.9 Å². The molecule has 1 N–H and O–H groups in total. The van der Waals surface area contributed by atoms with Crippen LogP contribution in [0.3, 0.4) is 0 Å². The Labute approximate surface area is 241 Å². The lowest BCUT2D eigenvalue weighted by Gasteiger charge is -2.25. The van der Waals surface area contributed by atoms with E-state index in [2.05, 4.69) is 26.0 Å². The molecule has 0 saturated heterocycles. The second-order valence-electron chi connectivity index (χ2n) is 8.41. The highest BCUT2D eigenvalue weighted by Gasteiger charge is 2.16. The molecule has 1 aromatic heterocycles. The quantitative estimate of drug-likeness (QED) is 0.161. The summed E-state index contributed by atoms with van der Waals surface area (Å²) < 4.78 is 14.6. The number of carbonyl (C=O) groups is 3. The fraction of sp³-hybridized carbons (Fsp3) is 0.480. The Kier molecular flexibility index (Phi) is 13.6. The number of azo groups is 1. The van der Waals surface area contributed by atoms with Crippen molar-refractivity contribution in [2.45, 2.75) is 33.6 Å². The molecule has 11 nitrogen and oxygen atoms in total. The first kappa shape index (κ1) is 31.9. The number of carbonyl (C=O) groups excluding carboxylic acids is 3. The Bertz CT molecular complexity index is 1190. The van der Waals surface area contributed by atoms with Crippen molar-refractivity contribution in [3.8, 4) is 6.07 Å². The zero-order chi connectivity index (χ0) is 28.8. The van der Waals surface area contributed by atoms with Gasteiger partial charge in [-0.3, -0.25) is 14.4 Å². The number of halogens is 2. The highest BCUT2D eigenvalue weighted by Crippen LogP contribution is 2.34. The summed E-state index contributed by atoms with van der Waals surface area (Å²) in [7, 11) is 0. The lowest BCUT2D eigenvalue weighted by molar-refractivity contribution is -0.143. The van der Waals surface area contributed by atoms with Gasteiger partial charge in [-0.05, 0) is 36.7 Å². The summed E-state index contributed by atoms with van der Waals surface area (Å²) in [5.41, 5.74) is 2.31. The molecular weight excluding hydrogens is 567 g/mol. The monoisotopic (exact) mass is 596 g/mol. The molecule has 2 aromatic rings. The van der Waals surface area contributed by atoms with Crippen LogP contribution < -0.4 is 10.2 Å². The Balaban J connectivity index is 2.35. The first-order chi connectivity index (χ1) is 18.7. The van der Waals surface area contributed by atoms with Gasteiger partial charge in [0.15, 0.2) is 5.00 Å². The van der Waals surface area contributed by atoms with Crippen LogP contribution in [0.1, 0.15) is 37.9 Å². The summed E-state index contributed by atoms with van der Waals surface area (Å²) in [5, 5.41) is 21.0. The van der Waals surface area contributed by atoms with Gasteiger partial charge in [0, 0.05) is 23.4 Å². The molecule has 0 saturated carbocycles. The molecule has 210 valence electrons. The van der Waals surface area contributed by atoms with Crippen LogP contribution in [-0.4, -0.2) is 60.3 Å². The van der Waals surface area contributed by atoms with Crippen LogP contribution in [0.4, 0.5) is 22.1 Å². The van der Waals surface area contributed by atoms with Crippen molar-refractivity contribution in [1.82, 2.24) is 4.37 Å². The molecule has 2 rings (SSSR count). The van der Waals surface area contributed by atoms with E-state index in [1.54, 1.807) is 39.0 Å². The van der Waals surface area contributed by atoms with Gasteiger partial charge in [-0.1, -0.05) is 13.8 Å². The zero-order valence-corrected chi connectivity index (χ0v) is 24.2. The maximum Gasteiger partial charge on any atom is 0.307 e. The molecule has 14 heteroatoms. The third-order valence-corrected chi connectivity index (χ3v) is 6.38. The van der Waals surface area contributed by atoms with Gasteiger partial charge in [0.05, 0.1) is 37.3 Å². The van der Waals surface area contributed by atoms with Gasteiger partial charge in [0.1, 0.15) is 30.5 Å². The molecule has 0 aliphatic heterocycles. The molecule has 0 atom stereocenters. The van der Waals surface area contributed by atoms with Crippen LogP contribution >= 0.6 is 34.7 Å². The number of nitrogens with zero attached hydrogens (tertiary/aromatic N) is 5. The van der Waals surface area contributed by atoms with Gasteiger partial charge in [-0.25, -0.2) is 0 Å². The summed E-state index contributed by atoms with van der Waals surface area (Å²) in [5.74, 6) is -1.06. The van der Waals surface area contributed by atoms with Crippen LogP contribution in [0.5, 0.6) is 0 Å². The Morgan fingerprint density at radius 1 is 1.10 bits per heavy atom. The predicted octanol–water partition coefficient (Wildman–Crippen LogP) is 5.48. The lowest BCUT2D eigenvalue weighted by Crippen LogP contribution is -2.32. The summed E-state index contributed by atoms with van der Waals surface area (Å²) >= 11 is 12.2. The van der Waals surface area contributed by atoms with Crippen molar-refractivity contribution in [3.05, 3.63) is 29.5 Å². The van der Waals surface area contributed by atoms with E-state index < -0.39 is 11.9 Å². The van der Waals surface area contributed by atoms with Crippen LogP contribution in [0.2, 0.25) is 0 Å². The maximum atomic E-state index is 12.6. The number of anilines is 2. The van der Waals surface area contributed by atoms with Crippen LogP contribution in [0.15, 0.2) is 28.4 Å². The smallest absolute Gasteiger partial charge is 0.307 e. The average molecular weight is 598 g/mol. The maximum absolute atomic E-state index is 12.6. The molecule has 0 bridgehead atoms. The van der Waals surface area contributed by atoms with Crippen LogP contribution in [0, 0.1) is 24.2 Å². The molecule has 0 spiro atoms. The van der Waals surface area contributed by atoms with Crippen LogP contribution in [0.25, 0.3) is 0 Å². The fourth-order valence-electron chi connectivity index (χ4n) is 3.05. The first-order valence-electron chi connectivity index (χ1n) is 12.1. The molecule has 1 aromatic carbocycles. The number of hydrogen-bond acceptors (Lipinski definition) is 11. The number of alkyl halides is 2. The molecule has 0 radical (unpaired) electrons. The topological polar surface area (TPSA) is 146 Å². The van der Waals surface area contributed by atoms with E-state index in [4.69, 9.17) is 32.7 Å². The van der Waals surface area contributed by atoms with Gasteiger partial charge in [0.2, 0.25) is 5.91 Å². The van der Waals surface area contributed by atoms with E-state index >= 15 is 0 Å². The van der Waals surface area contributed by atoms with Gasteiger partial charge in [0.25, 0.3) is 0 Å². The number of esters is 2. The highest BCUT2D eigenvalue weighted by molar-refractivity contribution is 7.10. The van der Waals surface area contributed by atoms with Gasteiger partial charge in [-0.2, -0.15) is 9.64 Å². The van der Waals surface area contributed by atoms with E-state index in [1.165, 1.54) is 0 Å². The number of nitriles is 1. The number of hydrogen-bond donors (Lipinski definition) is 1. The largest absolute Gasteiger partial charge is 0.464 e. The summed E-state index contributed by atoms with van der Waals surface area (Å²) in [6.45, 7) is 5.94. The Morgan fingerprint density at radius 3 is 2.26 bits per heavy atom. The van der Waals surface area contributed by atoms with Crippen molar-refractivity contribution in [2.24, 2.45) is 16.1 Å². The van der Waals surface area contributed by atoms with Crippen molar-refractivity contribution < 1.29 is 23.9 Å². The molecule has 0 unspecified atom stereocenters. The van der Waals surface area contributed by atoms with Gasteiger partial charge < -0.3 is 19.7 Å². The molecule has 0 aliphatic carbocycles. The van der Waals surface area contributed by atoms with E-state index in [0.29, 0.717) is 33.3 Å². The lowest BCUT2D eigenvalue weighted by atomic mass is 10.1. The fourth-order valence-corrected chi connectivity index (χ4v) is 4.03. The highest BCUT2D eigenvalue weighted by atomic mass is 35.5. The van der Waals surface area contributed by atoms with Crippen molar-refractivity contribution >= 4 is 74.6 Å². The third-order valence-electron chi connectivity index (χ3n) is 5.18. The number of aromatic nitrogens is 1. The summed E-state index contributed by atoms with van der Waals surface area (Å²) in [6, 6.07) is 7.20. The van der Waals surface area contributed by atoms with Crippen molar-refractivity contribution in [3.63, 3.8) is 0 Å². The molecule has 0 aliphatic rings. The van der Waals surface area contributed by atoms with E-state index in [1.807, 2.05) is 4.90 Å². The Hall–Kier alpha value is -3.27. The average Bonchev–Trinajstić information content (AvgIpc) is 3.26. The zero-order valence-electron chi connectivity index (χ0n) is 21.9. The summed E-state index contributed by atoms with van der Waals surface area (Å²) in [6.07, 6.45) is 0.185. The summed E-state index contributed by atoms with van der Waals surface area (Å²) in [4.78, 5) is 37.9. The SMILES string of the molecule is Cc1nsc(/N=N/c2ccc(N(CCOC(=O)CCCl)CCOC(=O)CCCl)cc2NC(=O)C(C)C)c1C#N. The number of aryl methyl sites for hydroxylation is 1. The third kappa shape index (κ3) is 10.4. The van der Waals surface area contributed by atoms with Crippen molar-refractivity contribution in [1.29, 1.82) is 5.26 Å². The molecular formula is C25H30Cl2N6O5S. The van der Waals surface area contributed by atoms with E-state index in [0.717, 1.165) is 11.5 Å². The minimum absolute atomic E-state index is 0.0716.